The number of amides is 3. The van der Waals surface area contributed by atoms with E-state index < -0.39 is 23.7 Å². The minimum Gasteiger partial charge on any atom is -0.383 e. The number of pyridine rings is 1. The van der Waals surface area contributed by atoms with Gasteiger partial charge in [0.2, 0.25) is 11.8 Å². The maximum absolute atomic E-state index is 15.3. The van der Waals surface area contributed by atoms with Crippen LogP contribution in [0.2, 0.25) is 0 Å². The molecule has 8 heteroatoms. The highest BCUT2D eigenvalue weighted by Crippen LogP contribution is 2.34. The van der Waals surface area contributed by atoms with E-state index in [0.29, 0.717) is 11.5 Å². The van der Waals surface area contributed by atoms with Crippen LogP contribution in [0.5, 0.6) is 0 Å². The molecule has 3 heterocycles. The molecule has 3 amide bonds. The lowest BCUT2D eigenvalue weighted by molar-refractivity contribution is -0.136. The molecule has 1 fully saturated rings. The van der Waals surface area contributed by atoms with Gasteiger partial charge < -0.3 is 10.6 Å². The van der Waals surface area contributed by atoms with Crippen molar-refractivity contribution in [2.45, 2.75) is 39.3 Å². The Balaban J connectivity index is 1.71. The van der Waals surface area contributed by atoms with E-state index in [1.165, 1.54) is 11.0 Å². The van der Waals surface area contributed by atoms with Gasteiger partial charge in [-0.25, -0.2) is 9.37 Å². The molecular weight excluding hydrogens is 363 g/mol. The second-order valence-corrected chi connectivity index (χ2v) is 7.19. The van der Waals surface area contributed by atoms with Crippen molar-refractivity contribution in [2.24, 2.45) is 0 Å². The second-order valence-electron chi connectivity index (χ2n) is 7.19. The minimum atomic E-state index is -0.782. The number of benzene rings is 1. The van der Waals surface area contributed by atoms with Crippen molar-refractivity contribution in [3.05, 3.63) is 46.3 Å². The van der Waals surface area contributed by atoms with Gasteiger partial charge in [-0.05, 0) is 49.6 Å². The van der Waals surface area contributed by atoms with Crippen LogP contribution in [0.4, 0.5) is 10.2 Å². The number of hydrogen-bond donors (Lipinski definition) is 2. The van der Waals surface area contributed by atoms with Gasteiger partial charge in [-0.3, -0.25) is 19.7 Å². The number of carbonyl (C=O) groups is 3. The van der Waals surface area contributed by atoms with Gasteiger partial charge in [0.05, 0.1) is 12.2 Å². The highest BCUT2D eigenvalue weighted by molar-refractivity contribution is 6.05. The summed E-state index contributed by atoms with van der Waals surface area (Å²) in [6, 6.07) is 4.03. The monoisotopic (exact) mass is 382 g/mol. The van der Waals surface area contributed by atoms with E-state index in [4.69, 9.17) is 5.73 Å². The van der Waals surface area contributed by atoms with Gasteiger partial charge in [-0.2, -0.15) is 0 Å². The number of anilines is 1. The van der Waals surface area contributed by atoms with Crippen molar-refractivity contribution in [1.82, 2.24) is 15.2 Å². The number of piperidine rings is 1. The van der Waals surface area contributed by atoms with Gasteiger partial charge in [0.15, 0.2) is 0 Å². The molecule has 3 N–H and O–H groups in total. The Bertz CT molecular complexity index is 1030. The summed E-state index contributed by atoms with van der Waals surface area (Å²) in [5, 5.41) is 2.23. The summed E-state index contributed by atoms with van der Waals surface area (Å²) in [4.78, 5) is 41.8. The van der Waals surface area contributed by atoms with Gasteiger partial charge in [-0.15, -0.1) is 0 Å². The third kappa shape index (κ3) is 2.72. The molecule has 0 unspecified atom stereocenters. The first-order chi connectivity index (χ1) is 13.3. The zero-order valence-electron chi connectivity index (χ0n) is 15.5. The SMILES string of the molecule is Cc1cc(-c2ccc3c(c2F)CN([C@H]2CCC(=O)NC2=O)C3=O)nc(N)c1C. The first-order valence-electron chi connectivity index (χ1n) is 8.98. The van der Waals surface area contributed by atoms with Crippen molar-refractivity contribution >= 4 is 23.5 Å². The Morgan fingerprint density at radius 2 is 1.93 bits per heavy atom. The van der Waals surface area contributed by atoms with E-state index in [0.717, 1.165) is 11.1 Å². The summed E-state index contributed by atoms with van der Waals surface area (Å²) < 4.78 is 15.3. The van der Waals surface area contributed by atoms with Gasteiger partial charge in [0, 0.05) is 23.1 Å². The summed E-state index contributed by atoms with van der Waals surface area (Å²) >= 11 is 0. The Hall–Kier alpha value is -3.29. The number of nitrogens with two attached hydrogens (primary N) is 1. The average Bonchev–Trinajstić information content (AvgIpc) is 2.97. The number of fused-ring (bicyclic) bond motifs is 1. The molecule has 2 aromatic rings. The normalized spacial score (nSPS) is 19.0. The Kier molecular flexibility index (Phi) is 4.14. The summed E-state index contributed by atoms with van der Waals surface area (Å²) in [5.41, 5.74) is 8.76. The largest absolute Gasteiger partial charge is 0.383 e. The van der Waals surface area contributed by atoms with Crippen LogP contribution >= 0.6 is 0 Å². The first-order valence-corrected chi connectivity index (χ1v) is 8.98. The van der Waals surface area contributed by atoms with Crippen molar-refractivity contribution in [3.8, 4) is 11.3 Å². The maximum atomic E-state index is 15.3. The molecule has 1 aromatic heterocycles. The fraction of sp³-hybridized carbons (Fsp3) is 0.300. The van der Waals surface area contributed by atoms with Crippen LogP contribution in [0.1, 0.15) is 39.9 Å². The average molecular weight is 382 g/mol. The number of imide groups is 1. The number of hydrogen-bond acceptors (Lipinski definition) is 5. The number of aromatic nitrogens is 1. The number of nitrogens with one attached hydrogen (secondary N) is 1. The highest BCUT2D eigenvalue weighted by Gasteiger charge is 2.40. The van der Waals surface area contributed by atoms with Crippen molar-refractivity contribution in [2.75, 3.05) is 5.73 Å². The number of carbonyl (C=O) groups excluding carboxylic acids is 3. The first kappa shape index (κ1) is 18.1. The fourth-order valence-electron chi connectivity index (χ4n) is 3.70. The fourth-order valence-corrected chi connectivity index (χ4v) is 3.70. The van der Waals surface area contributed by atoms with Crippen LogP contribution in [0.3, 0.4) is 0 Å². The van der Waals surface area contributed by atoms with Crippen molar-refractivity contribution in [3.63, 3.8) is 0 Å². The summed E-state index contributed by atoms with van der Waals surface area (Å²) in [5.74, 6) is -1.52. The third-order valence-electron chi connectivity index (χ3n) is 5.50. The molecule has 28 heavy (non-hydrogen) atoms. The van der Waals surface area contributed by atoms with Gasteiger partial charge in [0.1, 0.15) is 17.7 Å². The van der Waals surface area contributed by atoms with E-state index in [-0.39, 0.29) is 42.0 Å². The summed E-state index contributed by atoms with van der Waals surface area (Å²) in [6.45, 7) is 3.69. The summed E-state index contributed by atoms with van der Waals surface area (Å²) in [7, 11) is 0. The summed E-state index contributed by atoms with van der Waals surface area (Å²) in [6.07, 6.45) is 0.379. The smallest absolute Gasteiger partial charge is 0.255 e. The van der Waals surface area contributed by atoms with Crippen LogP contribution in [0, 0.1) is 19.7 Å². The molecule has 0 radical (unpaired) electrons. The topological polar surface area (TPSA) is 105 Å². The molecule has 2 aliphatic heterocycles. The van der Waals surface area contributed by atoms with Crippen LogP contribution < -0.4 is 11.1 Å². The van der Waals surface area contributed by atoms with Crippen LogP contribution in [-0.2, 0) is 16.1 Å². The zero-order chi connectivity index (χ0) is 20.2. The molecule has 2 aliphatic rings. The molecule has 7 nitrogen and oxygen atoms in total. The molecule has 1 saturated heterocycles. The molecule has 4 rings (SSSR count). The molecule has 144 valence electrons. The third-order valence-corrected chi connectivity index (χ3v) is 5.50. The van der Waals surface area contributed by atoms with Gasteiger partial charge >= 0.3 is 0 Å². The minimum absolute atomic E-state index is 0.0273. The lowest BCUT2D eigenvalue weighted by Gasteiger charge is -2.29. The Morgan fingerprint density at radius 3 is 2.61 bits per heavy atom. The van der Waals surface area contributed by atoms with E-state index in [1.54, 1.807) is 12.1 Å². The van der Waals surface area contributed by atoms with Gasteiger partial charge in [0.25, 0.3) is 5.91 Å². The predicted molar refractivity (Wildman–Crippen MR) is 99.6 cm³/mol. The Morgan fingerprint density at radius 1 is 1.21 bits per heavy atom. The number of aryl methyl sites for hydroxylation is 1. The van der Waals surface area contributed by atoms with Crippen molar-refractivity contribution < 1.29 is 18.8 Å². The van der Waals surface area contributed by atoms with Crippen molar-refractivity contribution in [1.29, 1.82) is 0 Å². The number of rotatable bonds is 2. The number of halogens is 1. The molecular formula is C20H19FN4O3. The predicted octanol–water partition coefficient (Wildman–Crippen LogP) is 1.85. The van der Waals surface area contributed by atoms with Crippen LogP contribution in [0.15, 0.2) is 18.2 Å². The quantitative estimate of drug-likeness (QED) is 0.771. The standard InChI is InChI=1S/C20H19FN4O3/c1-9-7-14(23-18(22)10(9)2)12-4-3-11-13(17(12)21)8-25(20(11)28)15-5-6-16(26)24-19(15)27/h3-4,7,15H,5-6,8H2,1-2H3,(H2,22,23)(H,24,26,27)/t15-/m0/s1. The molecule has 0 bridgehead atoms. The highest BCUT2D eigenvalue weighted by atomic mass is 19.1. The lowest BCUT2D eigenvalue weighted by atomic mass is 10.0. The molecule has 0 spiro atoms. The molecule has 0 aliphatic carbocycles. The van der Waals surface area contributed by atoms with Crippen LogP contribution in [-0.4, -0.2) is 33.6 Å². The maximum Gasteiger partial charge on any atom is 0.255 e. The number of nitrogens with zero attached hydrogens (tertiary/aromatic N) is 2. The van der Waals surface area contributed by atoms with E-state index >= 15 is 4.39 Å². The van der Waals surface area contributed by atoms with Gasteiger partial charge in [-0.1, -0.05) is 0 Å². The van der Waals surface area contributed by atoms with E-state index in [9.17, 15) is 14.4 Å². The molecule has 1 atom stereocenters. The van der Waals surface area contributed by atoms with Crippen LogP contribution in [0.25, 0.3) is 11.3 Å². The van der Waals surface area contributed by atoms with E-state index in [1.807, 2.05) is 13.8 Å². The zero-order valence-corrected chi connectivity index (χ0v) is 15.5. The second kappa shape index (κ2) is 6.40. The van der Waals surface area contributed by atoms with E-state index in [2.05, 4.69) is 10.3 Å². The number of nitrogen functional groups attached to an aromatic ring is 1. The molecule has 1 aromatic carbocycles. The lowest BCUT2D eigenvalue weighted by Crippen LogP contribution is -2.52. The Labute approximate surface area is 160 Å². The molecule has 0 saturated carbocycles.